The fourth-order valence-electron chi connectivity index (χ4n) is 2.50. The standard InChI is InChI=1S/C16H20F7N5O/c1-7(15(18,19)20)24-13-26-12(9-5-3-4-6-10(29)11(9)17)27-14(28-13)25-8(2)16(21,22)23/h7-8,10,29H,3-6H2,1-2H3,(H2,24,25,26,27,28)/t7-,8?,10+/m1/s1. The van der Waals surface area contributed by atoms with E-state index in [-0.39, 0.29) is 18.4 Å². The molecule has 0 bridgehead atoms. The highest BCUT2D eigenvalue weighted by Gasteiger charge is 2.38. The van der Waals surface area contributed by atoms with Crippen LogP contribution in [0.25, 0.3) is 5.57 Å². The van der Waals surface area contributed by atoms with Crippen LogP contribution in [0.5, 0.6) is 0 Å². The van der Waals surface area contributed by atoms with Crippen molar-refractivity contribution in [1.82, 2.24) is 15.0 Å². The number of nitrogens with zero attached hydrogens (tertiary/aromatic N) is 3. The summed E-state index contributed by atoms with van der Waals surface area (Å²) >= 11 is 0. The van der Waals surface area contributed by atoms with Gasteiger partial charge in [0.25, 0.3) is 0 Å². The zero-order chi connectivity index (χ0) is 22.0. The third-order valence-electron chi connectivity index (χ3n) is 4.31. The highest BCUT2D eigenvalue weighted by atomic mass is 19.4. The zero-order valence-corrected chi connectivity index (χ0v) is 15.5. The summed E-state index contributed by atoms with van der Waals surface area (Å²) in [5.41, 5.74) is -0.178. The number of aliphatic hydroxyl groups excluding tert-OH is 1. The first-order chi connectivity index (χ1) is 13.3. The van der Waals surface area contributed by atoms with E-state index >= 15 is 0 Å². The van der Waals surface area contributed by atoms with Gasteiger partial charge in [0.15, 0.2) is 5.82 Å². The van der Waals surface area contributed by atoms with Crippen LogP contribution in [-0.2, 0) is 0 Å². The lowest BCUT2D eigenvalue weighted by molar-refractivity contribution is -0.139. The molecule has 1 unspecified atom stereocenters. The van der Waals surface area contributed by atoms with Crippen molar-refractivity contribution < 1.29 is 35.8 Å². The molecule has 1 heterocycles. The molecule has 164 valence electrons. The topological polar surface area (TPSA) is 83.0 Å². The van der Waals surface area contributed by atoms with Crippen LogP contribution in [0.15, 0.2) is 5.83 Å². The molecule has 0 fully saturated rings. The minimum atomic E-state index is -4.68. The van der Waals surface area contributed by atoms with Crippen LogP contribution in [0.2, 0.25) is 0 Å². The van der Waals surface area contributed by atoms with Crippen molar-refractivity contribution >= 4 is 17.5 Å². The molecule has 0 spiro atoms. The third kappa shape index (κ3) is 6.15. The predicted octanol–water partition coefficient (Wildman–Crippen LogP) is 4.21. The highest BCUT2D eigenvalue weighted by Crippen LogP contribution is 2.32. The van der Waals surface area contributed by atoms with E-state index in [4.69, 9.17) is 0 Å². The van der Waals surface area contributed by atoms with E-state index in [0.717, 1.165) is 13.8 Å². The highest BCUT2D eigenvalue weighted by molar-refractivity contribution is 5.64. The zero-order valence-electron chi connectivity index (χ0n) is 15.5. The Kier molecular flexibility index (Phi) is 6.91. The van der Waals surface area contributed by atoms with Crippen LogP contribution < -0.4 is 10.6 Å². The number of halogens is 7. The molecule has 0 saturated heterocycles. The number of hydrogen-bond acceptors (Lipinski definition) is 6. The van der Waals surface area contributed by atoms with E-state index < -0.39 is 54.1 Å². The number of rotatable bonds is 5. The molecule has 1 aromatic heterocycles. The van der Waals surface area contributed by atoms with Crippen molar-refractivity contribution in [1.29, 1.82) is 0 Å². The molecule has 1 aliphatic rings. The molecular weight excluding hydrogens is 411 g/mol. The molecule has 3 atom stereocenters. The van der Waals surface area contributed by atoms with Gasteiger partial charge in [-0.05, 0) is 33.1 Å². The molecule has 1 aromatic rings. The number of alkyl halides is 6. The van der Waals surface area contributed by atoms with Gasteiger partial charge in [-0.2, -0.15) is 41.3 Å². The molecule has 0 saturated carbocycles. The van der Waals surface area contributed by atoms with E-state index in [2.05, 4.69) is 15.0 Å². The van der Waals surface area contributed by atoms with Crippen LogP contribution in [0.4, 0.5) is 42.6 Å². The summed E-state index contributed by atoms with van der Waals surface area (Å²) in [6.07, 6.45) is -9.68. The number of hydrogen-bond donors (Lipinski definition) is 3. The Morgan fingerprint density at radius 2 is 1.38 bits per heavy atom. The number of anilines is 2. The summed E-state index contributed by atoms with van der Waals surface area (Å²) in [6, 6.07) is -4.24. The monoisotopic (exact) mass is 431 g/mol. The quantitative estimate of drug-likeness (QED) is 0.606. The van der Waals surface area contributed by atoms with Gasteiger partial charge in [0.05, 0.1) is 0 Å². The Morgan fingerprint density at radius 1 is 0.897 bits per heavy atom. The minimum Gasteiger partial charge on any atom is -0.386 e. The SMILES string of the molecule is CC(Nc1nc(N[C@H](C)C(F)(F)F)nc(C2=C(F)[C@@H](O)CCCC2)n1)C(F)(F)F. The van der Waals surface area contributed by atoms with Crippen LogP contribution in [0, 0.1) is 0 Å². The van der Waals surface area contributed by atoms with Crippen molar-refractivity contribution in [3.05, 3.63) is 11.7 Å². The molecule has 0 radical (unpaired) electrons. The lowest BCUT2D eigenvalue weighted by Gasteiger charge is -2.20. The van der Waals surface area contributed by atoms with Gasteiger partial charge in [-0.1, -0.05) is 6.42 Å². The summed E-state index contributed by atoms with van der Waals surface area (Å²) in [7, 11) is 0. The summed E-state index contributed by atoms with van der Waals surface area (Å²) in [6.45, 7) is 1.54. The number of allylic oxidation sites excluding steroid dienone is 1. The van der Waals surface area contributed by atoms with E-state index in [1.54, 1.807) is 0 Å². The molecular formula is C16H20F7N5O. The van der Waals surface area contributed by atoms with Gasteiger partial charge in [-0.3, -0.25) is 0 Å². The predicted molar refractivity (Wildman–Crippen MR) is 90.6 cm³/mol. The van der Waals surface area contributed by atoms with Gasteiger partial charge in [-0.15, -0.1) is 0 Å². The molecule has 3 N–H and O–H groups in total. The van der Waals surface area contributed by atoms with Gasteiger partial charge in [-0.25, -0.2) is 4.39 Å². The Balaban J connectivity index is 2.47. The lowest BCUT2D eigenvalue weighted by atomic mass is 10.1. The van der Waals surface area contributed by atoms with Gasteiger partial charge in [0.2, 0.25) is 11.9 Å². The summed E-state index contributed by atoms with van der Waals surface area (Å²) in [5.74, 6) is -2.74. The Bertz CT molecular complexity index is 710. The summed E-state index contributed by atoms with van der Waals surface area (Å²) in [5, 5.41) is 13.7. The molecule has 2 rings (SSSR count). The molecule has 29 heavy (non-hydrogen) atoms. The minimum absolute atomic E-state index is 0.0649. The van der Waals surface area contributed by atoms with E-state index in [9.17, 15) is 35.8 Å². The van der Waals surface area contributed by atoms with Crippen molar-refractivity contribution in [3.63, 3.8) is 0 Å². The molecule has 0 aliphatic heterocycles. The number of aliphatic hydroxyl groups is 1. The van der Waals surface area contributed by atoms with Gasteiger partial charge in [0.1, 0.15) is 24.0 Å². The second-order valence-electron chi connectivity index (χ2n) is 6.71. The fourth-order valence-corrected chi connectivity index (χ4v) is 2.50. The lowest BCUT2D eigenvalue weighted by Crippen LogP contribution is -2.35. The van der Waals surface area contributed by atoms with Gasteiger partial charge >= 0.3 is 12.4 Å². The second-order valence-corrected chi connectivity index (χ2v) is 6.71. The van der Waals surface area contributed by atoms with E-state index in [1.165, 1.54) is 0 Å². The first-order valence-corrected chi connectivity index (χ1v) is 8.78. The summed E-state index contributed by atoms with van der Waals surface area (Å²) < 4.78 is 91.4. The van der Waals surface area contributed by atoms with Gasteiger partial charge < -0.3 is 15.7 Å². The Labute approximate surface area is 161 Å². The molecule has 6 nitrogen and oxygen atoms in total. The Hall–Kier alpha value is -2.18. The first-order valence-electron chi connectivity index (χ1n) is 8.78. The smallest absolute Gasteiger partial charge is 0.386 e. The van der Waals surface area contributed by atoms with E-state index in [1.807, 2.05) is 10.6 Å². The average Bonchev–Trinajstić information content (AvgIpc) is 2.74. The van der Waals surface area contributed by atoms with Crippen LogP contribution >= 0.6 is 0 Å². The van der Waals surface area contributed by atoms with Crippen LogP contribution in [0.3, 0.4) is 0 Å². The summed E-state index contributed by atoms with van der Waals surface area (Å²) in [4.78, 5) is 11.0. The fraction of sp³-hybridized carbons (Fsp3) is 0.688. The van der Waals surface area contributed by atoms with Crippen molar-refractivity contribution in [3.8, 4) is 0 Å². The molecule has 13 heteroatoms. The van der Waals surface area contributed by atoms with Crippen LogP contribution in [-0.4, -0.2) is 50.6 Å². The second kappa shape index (κ2) is 8.67. The maximum absolute atomic E-state index is 14.5. The van der Waals surface area contributed by atoms with Crippen molar-refractivity contribution in [2.75, 3.05) is 10.6 Å². The number of aromatic nitrogens is 3. The van der Waals surface area contributed by atoms with E-state index in [0.29, 0.717) is 12.8 Å². The van der Waals surface area contributed by atoms with Gasteiger partial charge in [0, 0.05) is 5.57 Å². The normalized spacial score (nSPS) is 20.8. The largest absolute Gasteiger partial charge is 0.408 e. The van der Waals surface area contributed by atoms with Crippen molar-refractivity contribution in [2.24, 2.45) is 0 Å². The first kappa shape index (κ1) is 23.1. The maximum Gasteiger partial charge on any atom is 0.408 e. The molecule has 0 amide bonds. The molecule has 0 aromatic carbocycles. The maximum atomic E-state index is 14.5. The third-order valence-corrected chi connectivity index (χ3v) is 4.31. The van der Waals surface area contributed by atoms with Crippen molar-refractivity contribution in [2.45, 2.75) is 70.1 Å². The average molecular weight is 431 g/mol. The van der Waals surface area contributed by atoms with Crippen LogP contribution in [0.1, 0.15) is 45.4 Å². The number of nitrogens with one attached hydrogen (secondary N) is 2. The Morgan fingerprint density at radius 3 is 1.83 bits per heavy atom. The molecule has 1 aliphatic carbocycles.